The van der Waals surface area contributed by atoms with Crippen LogP contribution in [-0.2, 0) is 6.42 Å². The van der Waals surface area contributed by atoms with Crippen LogP contribution in [0.5, 0.6) is 5.75 Å². The average molecular weight is 235 g/mol. The van der Waals surface area contributed by atoms with Gasteiger partial charge in [0.05, 0.1) is 12.7 Å². The van der Waals surface area contributed by atoms with Crippen LogP contribution >= 0.6 is 0 Å². The molecule has 0 aromatic heterocycles. The molecule has 0 saturated heterocycles. The van der Waals surface area contributed by atoms with Crippen molar-refractivity contribution in [2.24, 2.45) is 5.73 Å². The van der Waals surface area contributed by atoms with Crippen molar-refractivity contribution in [1.82, 2.24) is 0 Å². The summed E-state index contributed by atoms with van der Waals surface area (Å²) in [5.74, 6) is 0.756. The Labute approximate surface area is 103 Å². The number of hydrogen-bond acceptors (Lipinski definition) is 3. The Morgan fingerprint density at radius 3 is 2.71 bits per heavy atom. The van der Waals surface area contributed by atoms with Crippen molar-refractivity contribution in [3.05, 3.63) is 29.3 Å². The van der Waals surface area contributed by atoms with Crippen molar-refractivity contribution in [3.63, 3.8) is 0 Å². The van der Waals surface area contributed by atoms with Gasteiger partial charge in [0.25, 0.3) is 0 Å². The summed E-state index contributed by atoms with van der Waals surface area (Å²) in [7, 11) is 1.59. The fraction of sp³-hybridized carbons (Fsp3) is 0.500. The van der Waals surface area contributed by atoms with Crippen LogP contribution in [-0.4, -0.2) is 18.9 Å². The summed E-state index contributed by atoms with van der Waals surface area (Å²) in [4.78, 5) is 12.1. The maximum absolute atomic E-state index is 12.1. The molecule has 0 spiro atoms. The van der Waals surface area contributed by atoms with Gasteiger partial charge in [-0.15, -0.1) is 0 Å². The molecular formula is C14H21NO2. The van der Waals surface area contributed by atoms with E-state index < -0.39 is 0 Å². The molecular weight excluding hydrogens is 214 g/mol. The quantitative estimate of drug-likeness (QED) is 0.771. The van der Waals surface area contributed by atoms with Crippen LogP contribution in [0.1, 0.15) is 42.6 Å². The first-order valence-corrected chi connectivity index (χ1v) is 6.04. The van der Waals surface area contributed by atoms with Crippen molar-refractivity contribution in [3.8, 4) is 5.75 Å². The molecule has 0 bridgehead atoms. The van der Waals surface area contributed by atoms with Crippen LogP contribution < -0.4 is 10.5 Å². The molecule has 0 fully saturated rings. The predicted octanol–water partition coefficient (Wildman–Crippen LogP) is 2.57. The average Bonchev–Trinajstić information content (AvgIpc) is 2.34. The zero-order chi connectivity index (χ0) is 12.8. The van der Waals surface area contributed by atoms with E-state index in [1.54, 1.807) is 7.11 Å². The number of aryl methyl sites for hydroxylation is 1. The van der Waals surface area contributed by atoms with E-state index in [0.717, 1.165) is 12.0 Å². The van der Waals surface area contributed by atoms with E-state index >= 15 is 0 Å². The highest BCUT2D eigenvalue weighted by Crippen LogP contribution is 2.22. The molecule has 3 heteroatoms. The lowest BCUT2D eigenvalue weighted by Crippen LogP contribution is -2.16. The van der Waals surface area contributed by atoms with Crippen LogP contribution in [0.2, 0.25) is 0 Å². The van der Waals surface area contributed by atoms with Gasteiger partial charge in [0.15, 0.2) is 5.78 Å². The maximum Gasteiger partial charge on any atom is 0.166 e. The van der Waals surface area contributed by atoms with Gasteiger partial charge in [0, 0.05) is 12.5 Å². The van der Waals surface area contributed by atoms with Gasteiger partial charge >= 0.3 is 0 Å². The molecule has 0 amide bonds. The number of carbonyl (C=O) groups excluding carboxylic acids is 1. The van der Waals surface area contributed by atoms with Crippen molar-refractivity contribution < 1.29 is 9.53 Å². The van der Waals surface area contributed by atoms with Gasteiger partial charge in [-0.25, -0.2) is 0 Å². The Kier molecular flexibility index (Phi) is 5.16. The highest BCUT2D eigenvalue weighted by atomic mass is 16.5. The summed E-state index contributed by atoms with van der Waals surface area (Å²) in [6.07, 6.45) is 2.09. The number of benzene rings is 1. The number of hydrogen-bond donors (Lipinski definition) is 1. The monoisotopic (exact) mass is 235 g/mol. The van der Waals surface area contributed by atoms with E-state index in [-0.39, 0.29) is 11.8 Å². The second-order valence-corrected chi connectivity index (χ2v) is 4.33. The Morgan fingerprint density at radius 1 is 1.47 bits per heavy atom. The lowest BCUT2D eigenvalue weighted by molar-refractivity contribution is 0.0975. The molecule has 1 aromatic carbocycles. The molecule has 94 valence electrons. The summed E-state index contributed by atoms with van der Waals surface area (Å²) < 4.78 is 5.22. The SMILES string of the molecule is CCc1ccc(OC)c(C(=O)CCC(C)N)c1. The predicted molar refractivity (Wildman–Crippen MR) is 69.6 cm³/mol. The van der Waals surface area contributed by atoms with Crippen LogP contribution in [0.3, 0.4) is 0 Å². The van der Waals surface area contributed by atoms with Gasteiger partial charge in [0.2, 0.25) is 0 Å². The third kappa shape index (κ3) is 3.86. The van der Waals surface area contributed by atoms with Crippen molar-refractivity contribution in [2.75, 3.05) is 7.11 Å². The Hall–Kier alpha value is -1.35. The lowest BCUT2D eigenvalue weighted by Gasteiger charge is -2.10. The number of ether oxygens (including phenoxy) is 1. The maximum atomic E-state index is 12.1. The van der Waals surface area contributed by atoms with E-state index in [9.17, 15) is 4.79 Å². The molecule has 1 aromatic rings. The summed E-state index contributed by atoms with van der Waals surface area (Å²) >= 11 is 0. The number of Topliss-reactive ketones (excluding diaryl/α,β-unsaturated/α-hetero) is 1. The van der Waals surface area contributed by atoms with Crippen molar-refractivity contribution in [2.45, 2.75) is 39.2 Å². The molecule has 1 unspecified atom stereocenters. The number of rotatable bonds is 6. The van der Waals surface area contributed by atoms with Gasteiger partial charge in [-0.3, -0.25) is 4.79 Å². The fourth-order valence-corrected chi connectivity index (χ4v) is 1.69. The molecule has 0 radical (unpaired) electrons. The molecule has 17 heavy (non-hydrogen) atoms. The molecule has 3 nitrogen and oxygen atoms in total. The standard InChI is InChI=1S/C14H21NO2/c1-4-11-6-8-14(17-3)12(9-11)13(16)7-5-10(2)15/h6,8-10H,4-5,7,15H2,1-3H3. The van der Waals surface area contributed by atoms with E-state index in [1.807, 2.05) is 25.1 Å². The number of ketones is 1. The van der Waals surface area contributed by atoms with Gasteiger partial charge in [-0.2, -0.15) is 0 Å². The van der Waals surface area contributed by atoms with E-state index in [2.05, 4.69) is 6.92 Å². The summed E-state index contributed by atoms with van der Waals surface area (Å²) in [5, 5.41) is 0. The highest BCUT2D eigenvalue weighted by molar-refractivity contribution is 5.98. The van der Waals surface area contributed by atoms with Crippen LogP contribution in [0.4, 0.5) is 0 Å². The van der Waals surface area contributed by atoms with Crippen molar-refractivity contribution >= 4 is 5.78 Å². The first-order chi connectivity index (χ1) is 8.08. The molecule has 1 atom stereocenters. The minimum absolute atomic E-state index is 0.0549. The normalized spacial score (nSPS) is 12.2. The number of methoxy groups -OCH3 is 1. The molecule has 0 heterocycles. The molecule has 0 aliphatic rings. The summed E-state index contributed by atoms with van der Waals surface area (Å²) in [6.45, 7) is 3.98. The molecule has 2 N–H and O–H groups in total. The van der Waals surface area contributed by atoms with Gasteiger partial charge in [-0.05, 0) is 37.5 Å². The number of carbonyl (C=O) groups is 1. The van der Waals surface area contributed by atoms with E-state index in [1.165, 1.54) is 0 Å². The van der Waals surface area contributed by atoms with Crippen LogP contribution in [0.25, 0.3) is 0 Å². The van der Waals surface area contributed by atoms with Gasteiger partial charge in [-0.1, -0.05) is 13.0 Å². The molecule has 1 rings (SSSR count). The Morgan fingerprint density at radius 2 is 2.18 bits per heavy atom. The Balaban J connectivity index is 2.89. The third-order valence-corrected chi connectivity index (χ3v) is 2.80. The Bertz CT molecular complexity index is 386. The minimum Gasteiger partial charge on any atom is -0.496 e. The second-order valence-electron chi connectivity index (χ2n) is 4.33. The van der Waals surface area contributed by atoms with Gasteiger partial charge in [0.1, 0.15) is 5.75 Å². The largest absolute Gasteiger partial charge is 0.496 e. The smallest absolute Gasteiger partial charge is 0.166 e. The fourth-order valence-electron chi connectivity index (χ4n) is 1.69. The molecule has 0 aliphatic carbocycles. The van der Waals surface area contributed by atoms with Crippen molar-refractivity contribution in [1.29, 1.82) is 0 Å². The van der Waals surface area contributed by atoms with E-state index in [0.29, 0.717) is 24.2 Å². The van der Waals surface area contributed by atoms with Crippen LogP contribution in [0, 0.1) is 0 Å². The zero-order valence-corrected chi connectivity index (χ0v) is 10.8. The molecule has 0 saturated carbocycles. The van der Waals surface area contributed by atoms with Gasteiger partial charge < -0.3 is 10.5 Å². The zero-order valence-electron chi connectivity index (χ0n) is 10.8. The highest BCUT2D eigenvalue weighted by Gasteiger charge is 2.13. The first-order valence-electron chi connectivity index (χ1n) is 6.04. The molecule has 0 aliphatic heterocycles. The second kappa shape index (κ2) is 6.40. The minimum atomic E-state index is 0.0549. The third-order valence-electron chi connectivity index (χ3n) is 2.80. The first kappa shape index (κ1) is 13.7. The summed E-state index contributed by atoms with van der Waals surface area (Å²) in [5.41, 5.74) is 7.48. The topological polar surface area (TPSA) is 52.3 Å². The number of nitrogens with two attached hydrogens (primary N) is 1. The van der Waals surface area contributed by atoms with E-state index in [4.69, 9.17) is 10.5 Å². The lowest BCUT2D eigenvalue weighted by atomic mass is 10.0. The van der Waals surface area contributed by atoms with Crippen LogP contribution in [0.15, 0.2) is 18.2 Å². The summed E-state index contributed by atoms with van der Waals surface area (Å²) in [6, 6.07) is 5.82.